The summed E-state index contributed by atoms with van der Waals surface area (Å²) < 4.78 is 33.6. The number of ether oxygens (including phenoxy) is 1. The minimum atomic E-state index is -3.60. The average molecular weight is 477 g/mol. The molecule has 33 heavy (non-hydrogen) atoms. The van der Waals surface area contributed by atoms with E-state index in [9.17, 15) is 18.0 Å². The van der Waals surface area contributed by atoms with Crippen LogP contribution in [0.3, 0.4) is 0 Å². The molecule has 0 saturated heterocycles. The molecule has 1 atom stereocenters. The van der Waals surface area contributed by atoms with Crippen molar-refractivity contribution >= 4 is 21.9 Å². The maximum Gasteiger partial charge on any atom is 0.303 e. The van der Waals surface area contributed by atoms with Crippen molar-refractivity contribution in [2.75, 3.05) is 6.54 Å². The minimum Gasteiger partial charge on any atom is -0.481 e. The summed E-state index contributed by atoms with van der Waals surface area (Å²) in [5.74, 6) is -0.745. The molecule has 180 valence electrons. The molecule has 1 amide bonds. The fraction of sp³-hybridized carbons (Fsp3) is 0.417. The molecule has 0 aliphatic carbocycles. The number of carboxylic acid groups (broad SMARTS) is 1. The topological polar surface area (TPSA) is 122 Å². The number of benzene rings is 2. The van der Waals surface area contributed by atoms with Crippen LogP contribution in [-0.4, -0.2) is 43.6 Å². The van der Waals surface area contributed by atoms with E-state index in [2.05, 4.69) is 10.0 Å². The van der Waals surface area contributed by atoms with Crippen LogP contribution in [0, 0.1) is 6.92 Å². The van der Waals surface area contributed by atoms with Gasteiger partial charge in [-0.25, -0.2) is 13.1 Å². The van der Waals surface area contributed by atoms with Gasteiger partial charge in [0.25, 0.3) is 5.91 Å². The van der Waals surface area contributed by atoms with Crippen molar-refractivity contribution in [3.63, 3.8) is 0 Å². The molecule has 9 heteroatoms. The number of hydrogen-bond donors (Lipinski definition) is 3. The first kappa shape index (κ1) is 26.3. The van der Waals surface area contributed by atoms with Gasteiger partial charge < -0.3 is 15.2 Å². The molecule has 2 aromatic carbocycles. The Kier molecular flexibility index (Phi) is 9.01. The molecular formula is C24H32N2O6S. The van der Waals surface area contributed by atoms with Gasteiger partial charge in [0.05, 0.1) is 4.90 Å². The molecule has 0 aliphatic heterocycles. The first-order valence-corrected chi connectivity index (χ1v) is 12.2. The first-order chi connectivity index (χ1) is 15.4. The zero-order chi connectivity index (χ0) is 24.6. The number of hydrogen-bond acceptors (Lipinski definition) is 5. The standard InChI is InChI=1S/C24H32N2O6S/c1-17-7-13-21(14-8-17)33(30,31)26-18(2)16-19-9-11-20(12-10-19)32-24(3,4)23(29)25-15-5-6-22(27)28/h7-14,18,26H,5-6,15-16H2,1-4H3,(H,25,29)(H,27,28)/t18-/m1/s1. The third-order valence-corrected chi connectivity index (χ3v) is 6.53. The van der Waals surface area contributed by atoms with E-state index in [4.69, 9.17) is 9.84 Å². The van der Waals surface area contributed by atoms with Crippen molar-refractivity contribution in [2.45, 2.75) is 63.5 Å². The summed E-state index contributed by atoms with van der Waals surface area (Å²) in [6.45, 7) is 7.22. The number of rotatable bonds is 12. The number of nitrogens with one attached hydrogen (secondary N) is 2. The van der Waals surface area contributed by atoms with E-state index < -0.39 is 21.6 Å². The van der Waals surface area contributed by atoms with E-state index in [1.165, 1.54) is 0 Å². The lowest BCUT2D eigenvalue weighted by Crippen LogP contribution is -2.46. The molecule has 0 aromatic heterocycles. The number of carbonyl (C=O) groups excluding carboxylic acids is 1. The van der Waals surface area contributed by atoms with Crippen LogP contribution in [0.4, 0.5) is 0 Å². The van der Waals surface area contributed by atoms with Crippen molar-refractivity contribution < 1.29 is 27.9 Å². The number of carbonyl (C=O) groups is 2. The van der Waals surface area contributed by atoms with Gasteiger partial charge in [-0.3, -0.25) is 9.59 Å². The Labute approximate surface area is 195 Å². The Morgan fingerprint density at radius 2 is 1.67 bits per heavy atom. The Morgan fingerprint density at radius 3 is 2.24 bits per heavy atom. The largest absolute Gasteiger partial charge is 0.481 e. The molecule has 3 N–H and O–H groups in total. The van der Waals surface area contributed by atoms with E-state index in [0.29, 0.717) is 18.6 Å². The van der Waals surface area contributed by atoms with Gasteiger partial charge in [-0.15, -0.1) is 0 Å². The third-order valence-electron chi connectivity index (χ3n) is 4.93. The molecule has 0 heterocycles. The summed E-state index contributed by atoms with van der Waals surface area (Å²) in [5, 5.41) is 11.3. The number of aliphatic carboxylic acids is 1. The maximum atomic E-state index is 12.5. The maximum absolute atomic E-state index is 12.5. The summed E-state index contributed by atoms with van der Waals surface area (Å²) in [5.41, 5.74) is 0.766. The van der Waals surface area contributed by atoms with Crippen molar-refractivity contribution in [1.29, 1.82) is 0 Å². The fourth-order valence-corrected chi connectivity index (χ4v) is 4.38. The van der Waals surface area contributed by atoms with Gasteiger partial charge in [-0.1, -0.05) is 29.8 Å². The van der Waals surface area contributed by atoms with Crippen LogP contribution >= 0.6 is 0 Å². The monoisotopic (exact) mass is 476 g/mol. The van der Waals surface area contributed by atoms with Crippen molar-refractivity contribution in [2.24, 2.45) is 0 Å². The van der Waals surface area contributed by atoms with Gasteiger partial charge in [0.15, 0.2) is 5.60 Å². The minimum absolute atomic E-state index is 0.0113. The zero-order valence-corrected chi connectivity index (χ0v) is 20.2. The summed E-state index contributed by atoms with van der Waals surface area (Å²) in [7, 11) is -3.60. The predicted octanol–water partition coefficient (Wildman–Crippen LogP) is 3.04. The predicted molar refractivity (Wildman–Crippen MR) is 126 cm³/mol. The second-order valence-electron chi connectivity index (χ2n) is 8.55. The lowest BCUT2D eigenvalue weighted by atomic mass is 10.1. The van der Waals surface area contributed by atoms with Crippen LogP contribution in [0.15, 0.2) is 53.4 Å². The van der Waals surface area contributed by atoms with Crippen molar-refractivity contribution in [1.82, 2.24) is 10.0 Å². The third kappa shape index (κ3) is 8.51. The Hall–Kier alpha value is -2.91. The molecule has 0 unspecified atom stereocenters. The molecule has 0 bridgehead atoms. The van der Waals surface area contributed by atoms with Crippen molar-refractivity contribution in [3.05, 3.63) is 59.7 Å². The molecule has 0 radical (unpaired) electrons. The Bertz CT molecular complexity index is 1050. The smallest absolute Gasteiger partial charge is 0.303 e. The van der Waals surface area contributed by atoms with Gasteiger partial charge in [-0.2, -0.15) is 0 Å². The van der Waals surface area contributed by atoms with E-state index in [0.717, 1.165) is 11.1 Å². The van der Waals surface area contributed by atoms with Crippen LogP contribution in [0.1, 0.15) is 44.7 Å². The van der Waals surface area contributed by atoms with Crippen molar-refractivity contribution in [3.8, 4) is 5.75 Å². The molecule has 0 saturated carbocycles. The van der Waals surface area contributed by atoms with Gasteiger partial charge >= 0.3 is 5.97 Å². The normalized spacial score (nSPS) is 12.7. The van der Waals surface area contributed by atoms with Gasteiger partial charge in [0.1, 0.15) is 5.75 Å². The highest BCUT2D eigenvalue weighted by atomic mass is 32.2. The Balaban J connectivity index is 1.90. The molecule has 0 aliphatic rings. The summed E-state index contributed by atoms with van der Waals surface area (Å²) in [6, 6.07) is 13.5. The van der Waals surface area contributed by atoms with E-state index in [-0.39, 0.29) is 29.8 Å². The SMILES string of the molecule is Cc1ccc(S(=O)(=O)N[C@H](C)Cc2ccc(OC(C)(C)C(=O)NCCCC(=O)O)cc2)cc1. The Morgan fingerprint density at radius 1 is 1.06 bits per heavy atom. The first-order valence-electron chi connectivity index (χ1n) is 10.8. The molecular weight excluding hydrogens is 444 g/mol. The highest BCUT2D eigenvalue weighted by Gasteiger charge is 2.29. The fourth-order valence-electron chi connectivity index (χ4n) is 3.13. The summed E-state index contributed by atoms with van der Waals surface area (Å²) >= 11 is 0. The molecule has 2 rings (SSSR count). The molecule has 2 aromatic rings. The van der Waals surface area contributed by atoms with Gasteiger partial charge in [0, 0.05) is 19.0 Å². The van der Waals surface area contributed by atoms with Crippen LogP contribution in [0.5, 0.6) is 5.75 Å². The van der Waals surface area contributed by atoms with Gasteiger partial charge in [-0.05, 0) is 70.4 Å². The van der Waals surface area contributed by atoms with E-state index in [1.54, 1.807) is 57.2 Å². The quantitative estimate of drug-likeness (QED) is 0.405. The van der Waals surface area contributed by atoms with Crippen LogP contribution in [-0.2, 0) is 26.0 Å². The second-order valence-corrected chi connectivity index (χ2v) is 10.3. The highest BCUT2D eigenvalue weighted by Crippen LogP contribution is 2.20. The average Bonchev–Trinajstić information content (AvgIpc) is 2.72. The lowest BCUT2D eigenvalue weighted by Gasteiger charge is -2.25. The highest BCUT2D eigenvalue weighted by molar-refractivity contribution is 7.89. The van der Waals surface area contributed by atoms with Gasteiger partial charge in [0.2, 0.25) is 10.0 Å². The second kappa shape index (κ2) is 11.3. The molecule has 0 fully saturated rings. The number of amides is 1. The summed E-state index contributed by atoms with van der Waals surface area (Å²) in [6.07, 6.45) is 0.819. The van der Waals surface area contributed by atoms with E-state index in [1.807, 2.05) is 19.1 Å². The zero-order valence-electron chi connectivity index (χ0n) is 19.4. The number of aryl methyl sites for hydroxylation is 1. The summed E-state index contributed by atoms with van der Waals surface area (Å²) in [4.78, 5) is 23.1. The number of carboxylic acids is 1. The van der Waals surface area contributed by atoms with Crippen LogP contribution in [0.25, 0.3) is 0 Å². The molecule has 0 spiro atoms. The lowest BCUT2D eigenvalue weighted by molar-refractivity contribution is -0.138. The van der Waals surface area contributed by atoms with Crippen LogP contribution < -0.4 is 14.8 Å². The molecule has 8 nitrogen and oxygen atoms in total. The van der Waals surface area contributed by atoms with Crippen LogP contribution in [0.2, 0.25) is 0 Å². The van der Waals surface area contributed by atoms with E-state index >= 15 is 0 Å². The number of sulfonamides is 1.